The monoisotopic (exact) mass is 373 g/mol. The molecule has 0 aliphatic rings. The maximum absolute atomic E-state index is 11.6. The summed E-state index contributed by atoms with van der Waals surface area (Å²) in [6, 6.07) is 4.44. The van der Waals surface area contributed by atoms with Crippen LogP contribution in [0.15, 0.2) is 33.8 Å². The topological polar surface area (TPSA) is 101 Å². The van der Waals surface area contributed by atoms with E-state index in [1.165, 1.54) is 25.4 Å². The number of aromatic nitrogens is 2. The fourth-order valence-electron chi connectivity index (χ4n) is 1.52. The molecule has 0 aliphatic heterocycles. The maximum atomic E-state index is 11.6. The molecule has 0 saturated heterocycles. The van der Waals surface area contributed by atoms with Gasteiger partial charge in [0.2, 0.25) is 11.8 Å². The van der Waals surface area contributed by atoms with Crippen molar-refractivity contribution in [2.75, 3.05) is 18.7 Å². The van der Waals surface area contributed by atoms with Gasteiger partial charge in [-0.05, 0) is 28.1 Å². The fourth-order valence-corrected chi connectivity index (χ4v) is 2.39. The summed E-state index contributed by atoms with van der Waals surface area (Å²) >= 11 is 3.07. The molecule has 1 heterocycles. The molecule has 7 nitrogen and oxygen atoms in total. The number of nitrogens with one attached hydrogen (secondary N) is 1. The highest BCUT2D eigenvalue weighted by atomic mass is 79.9. The van der Waals surface area contributed by atoms with Crippen molar-refractivity contribution in [2.24, 2.45) is 0 Å². The van der Waals surface area contributed by atoms with Crippen LogP contribution in [-0.2, 0) is 9.84 Å². The van der Waals surface area contributed by atoms with Crippen molar-refractivity contribution < 1.29 is 18.3 Å². The van der Waals surface area contributed by atoms with Crippen LogP contribution in [0.5, 0.6) is 11.6 Å². The third-order valence-corrected chi connectivity index (χ3v) is 4.18. The molecule has 2 aromatic rings. The van der Waals surface area contributed by atoms with Gasteiger partial charge in [0.25, 0.3) is 0 Å². The highest BCUT2D eigenvalue weighted by molar-refractivity contribution is 9.10. The smallest absolute Gasteiger partial charge is 0.230 e. The van der Waals surface area contributed by atoms with Gasteiger partial charge in [-0.1, -0.05) is 0 Å². The highest BCUT2D eigenvalue weighted by Gasteiger charge is 2.12. The summed E-state index contributed by atoms with van der Waals surface area (Å²) in [7, 11) is -1.95. The minimum Gasteiger partial charge on any atom is -0.497 e. The van der Waals surface area contributed by atoms with Crippen LogP contribution >= 0.6 is 15.9 Å². The second-order valence-corrected chi connectivity index (χ2v) is 7.03. The largest absolute Gasteiger partial charge is 0.497 e. The van der Waals surface area contributed by atoms with E-state index < -0.39 is 9.84 Å². The average Bonchev–Trinajstić information content (AvgIpc) is 2.41. The van der Waals surface area contributed by atoms with Crippen LogP contribution in [0.25, 0.3) is 0 Å². The quantitative estimate of drug-likeness (QED) is 0.845. The van der Waals surface area contributed by atoms with Crippen molar-refractivity contribution >= 4 is 37.4 Å². The van der Waals surface area contributed by atoms with Gasteiger partial charge in [0, 0.05) is 18.0 Å². The van der Waals surface area contributed by atoms with Crippen LogP contribution in [0.2, 0.25) is 0 Å². The van der Waals surface area contributed by atoms with E-state index in [1.807, 2.05) is 0 Å². The second kappa shape index (κ2) is 5.86. The first kappa shape index (κ1) is 15.5. The molecule has 1 aromatic carbocycles. The number of nitrogens with zero attached hydrogens (tertiary/aromatic N) is 2. The van der Waals surface area contributed by atoms with E-state index in [-0.39, 0.29) is 16.7 Å². The van der Waals surface area contributed by atoms with E-state index in [1.54, 1.807) is 6.07 Å². The number of methoxy groups -OCH3 is 1. The molecule has 21 heavy (non-hydrogen) atoms. The molecule has 9 heteroatoms. The van der Waals surface area contributed by atoms with Gasteiger partial charge >= 0.3 is 0 Å². The molecule has 2 rings (SSSR count). The summed E-state index contributed by atoms with van der Waals surface area (Å²) in [6.45, 7) is 0. The van der Waals surface area contributed by atoms with E-state index in [9.17, 15) is 13.5 Å². The van der Waals surface area contributed by atoms with Gasteiger partial charge in [-0.2, -0.15) is 4.98 Å². The van der Waals surface area contributed by atoms with Crippen molar-refractivity contribution in [2.45, 2.75) is 4.90 Å². The Morgan fingerprint density at radius 1 is 1.33 bits per heavy atom. The number of halogens is 1. The minimum atomic E-state index is -3.38. The molecule has 0 spiro atoms. The lowest BCUT2D eigenvalue weighted by atomic mass is 10.3. The van der Waals surface area contributed by atoms with Gasteiger partial charge in [-0.25, -0.2) is 13.4 Å². The normalized spacial score (nSPS) is 11.2. The third-order valence-electron chi connectivity index (χ3n) is 2.53. The van der Waals surface area contributed by atoms with E-state index in [0.717, 1.165) is 6.26 Å². The van der Waals surface area contributed by atoms with E-state index in [2.05, 4.69) is 31.2 Å². The lowest BCUT2D eigenvalue weighted by molar-refractivity contribution is 0.413. The first-order chi connectivity index (χ1) is 9.79. The number of benzene rings is 1. The van der Waals surface area contributed by atoms with Crippen molar-refractivity contribution in [3.63, 3.8) is 0 Å². The summed E-state index contributed by atoms with van der Waals surface area (Å²) < 4.78 is 28.7. The van der Waals surface area contributed by atoms with Crippen LogP contribution in [0.4, 0.5) is 11.6 Å². The predicted octanol–water partition coefficient (Wildman–Crippen LogP) is 2.10. The Bertz CT molecular complexity index is 780. The number of aromatic hydroxyl groups is 1. The molecule has 0 aliphatic carbocycles. The summed E-state index contributed by atoms with van der Waals surface area (Å²) in [5.74, 6) is 0.281. The average molecular weight is 374 g/mol. The van der Waals surface area contributed by atoms with Gasteiger partial charge in [0.05, 0.1) is 22.7 Å². The van der Waals surface area contributed by atoms with E-state index >= 15 is 0 Å². The predicted molar refractivity (Wildman–Crippen MR) is 80.8 cm³/mol. The number of anilines is 2. The fraction of sp³-hybridized carbons (Fsp3) is 0.167. The van der Waals surface area contributed by atoms with Crippen molar-refractivity contribution in [1.82, 2.24) is 9.97 Å². The lowest BCUT2D eigenvalue weighted by Gasteiger charge is -2.09. The maximum Gasteiger partial charge on any atom is 0.230 e. The summed E-state index contributed by atoms with van der Waals surface area (Å²) in [5, 5.41) is 12.3. The molecule has 1 aromatic heterocycles. The van der Waals surface area contributed by atoms with E-state index in [0.29, 0.717) is 15.9 Å². The Labute approximate surface area is 130 Å². The third kappa shape index (κ3) is 3.82. The number of hydrogen-bond acceptors (Lipinski definition) is 7. The molecule has 0 bridgehead atoms. The molecule has 2 N–H and O–H groups in total. The Hall–Kier alpha value is -1.87. The van der Waals surface area contributed by atoms with E-state index in [4.69, 9.17) is 4.74 Å². The summed E-state index contributed by atoms with van der Waals surface area (Å²) in [6.07, 6.45) is 2.48. The molecule has 0 fully saturated rings. The van der Waals surface area contributed by atoms with Gasteiger partial charge < -0.3 is 15.2 Å². The van der Waals surface area contributed by atoms with Crippen LogP contribution in [0.1, 0.15) is 0 Å². The summed E-state index contributed by atoms with van der Waals surface area (Å²) in [4.78, 5) is 7.88. The van der Waals surface area contributed by atoms with Gasteiger partial charge in [0.15, 0.2) is 9.84 Å². The number of ether oxygens (including phenoxy) is 1. The zero-order valence-electron chi connectivity index (χ0n) is 11.2. The highest BCUT2D eigenvalue weighted by Crippen LogP contribution is 2.27. The minimum absolute atomic E-state index is 0.102. The molecule has 0 saturated carbocycles. The van der Waals surface area contributed by atoms with Crippen molar-refractivity contribution in [3.05, 3.63) is 28.9 Å². The zero-order valence-corrected chi connectivity index (χ0v) is 13.6. The second-order valence-electron chi connectivity index (χ2n) is 4.16. The molecule has 112 valence electrons. The van der Waals surface area contributed by atoms with Crippen LogP contribution in [0.3, 0.4) is 0 Å². The zero-order chi connectivity index (χ0) is 15.6. The Balaban J connectivity index is 2.41. The molecular formula is C12H12BrN3O4S. The number of rotatable bonds is 4. The van der Waals surface area contributed by atoms with Crippen molar-refractivity contribution in [1.29, 1.82) is 0 Å². The van der Waals surface area contributed by atoms with Crippen LogP contribution in [-0.4, -0.2) is 36.9 Å². The molecule has 0 amide bonds. The Morgan fingerprint density at radius 2 is 2.05 bits per heavy atom. The number of hydrogen-bond donors (Lipinski definition) is 2. The molecular weight excluding hydrogens is 362 g/mol. The van der Waals surface area contributed by atoms with Crippen molar-refractivity contribution in [3.8, 4) is 11.6 Å². The first-order valence-corrected chi connectivity index (χ1v) is 8.35. The van der Waals surface area contributed by atoms with Gasteiger partial charge in [-0.15, -0.1) is 0 Å². The Kier molecular flexibility index (Phi) is 4.33. The molecule has 0 unspecified atom stereocenters. The van der Waals surface area contributed by atoms with Gasteiger partial charge in [-0.3, -0.25) is 0 Å². The first-order valence-electron chi connectivity index (χ1n) is 5.67. The van der Waals surface area contributed by atoms with Crippen LogP contribution < -0.4 is 10.1 Å². The molecule has 0 atom stereocenters. The SMILES string of the molecule is COc1cc(Nc2ncc(Br)c(O)n2)cc(S(C)(=O)=O)c1. The van der Waals surface area contributed by atoms with Crippen LogP contribution in [0, 0.1) is 0 Å². The number of sulfone groups is 1. The standard InChI is InChI=1S/C12H12BrN3O4S/c1-20-8-3-7(4-9(5-8)21(2,18)19)15-12-14-6-10(13)11(17)16-12/h3-6H,1-2H3,(H2,14,15,16,17). The van der Waals surface area contributed by atoms with Gasteiger partial charge in [0.1, 0.15) is 5.75 Å². The Morgan fingerprint density at radius 3 is 2.62 bits per heavy atom. The summed E-state index contributed by atoms with van der Waals surface area (Å²) in [5.41, 5.74) is 0.427. The molecule has 0 radical (unpaired) electrons. The lowest BCUT2D eigenvalue weighted by Crippen LogP contribution is -2.02.